The fourth-order valence-electron chi connectivity index (χ4n) is 0.532. The fraction of sp³-hybridized carbons (Fsp3) is 0.300. The molecule has 0 aliphatic rings. The molecule has 0 aromatic heterocycles. The predicted molar refractivity (Wildman–Crippen MR) is 56.1 cm³/mol. The van der Waals surface area contributed by atoms with Gasteiger partial charge in [0.1, 0.15) is 6.29 Å². The van der Waals surface area contributed by atoms with Gasteiger partial charge < -0.3 is 0 Å². The number of carbonyl (C=O) groups is 1. The summed E-state index contributed by atoms with van der Waals surface area (Å²) in [6.07, 6.45) is 0.833. The molecule has 0 amide bonds. The van der Waals surface area contributed by atoms with E-state index in [1.54, 1.807) is 12.1 Å². The minimum absolute atomic E-state index is 0.500. The van der Waals surface area contributed by atoms with E-state index in [0.29, 0.717) is 0 Å². The Bertz CT molecular complexity index is 243. The Morgan fingerprint density at radius 3 is 1.79 bits per heavy atom. The molecule has 1 aromatic rings. The molecule has 0 saturated carbocycles. The van der Waals surface area contributed by atoms with Gasteiger partial charge in [0, 0.05) is 10.5 Å². The molecule has 0 spiro atoms. The number of rotatable bonds is 1. The van der Waals surface area contributed by atoms with Crippen molar-refractivity contribution in [2.75, 3.05) is 7.05 Å². The van der Waals surface area contributed by atoms with E-state index in [2.05, 4.69) is 0 Å². The Morgan fingerprint density at radius 1 is 1.21 bits per heavy atom. The van der Waals surface area contributed by atoms with Crippen LogP contribution in [0.15, 0.2) is 30.3 Å². The van der Waals surface area contributed by atoms with Crippen molar-refractivity contribution >= 4 is 6.29 Å². The number of nitro groups is 1. The van der Waals surface area contributed by atoms with Gasteiger partial charge in [0.05, 0.1) is 0 Å². The average Bonchev–Trinajstić information content (AvgIpc) is 2.21. The molecule has 0 atom stereocenters. The molecule has 1 rings (SSSR count). The zero-order valence-electron chi connectivity index (χ0n) is 8.64. The zero-order chi connectivity index (χ0) is 11.4. The molecule has 0 aliphatic heterocycles. The minimum atomic E-state index is -0.500. The van der Waals surface area contributed by atoms with Crippen molar-refractivity contribution < 1.29 is 9.72 Å². The van der Waals surface area contributed by atoms with Crippen molar-refractivity contribution in [3.8, 4) is 0 Å². The van der Waals surface area contributed by atoms with Crippen LogP contribution in [0.25, 0.3) is 0 Å². The first-order chi connectivity index (χ1) is 6.66. The van der Waals surface area contributed by atoms with Crippen LogP contribution >= 0.6 is 0 Å². The van der Waals surface area contributed by atoms with Gasteiger partial charge >= 0.3 is 0 Å². The van der Waals surface area contributed by atoms with Crippen molar-refractivity contribution in [3.63, 3.8) is 0 Å². The lowest BCUT2D eigenvalue weighted by atomic mass is 10.2. The summed E-state index contributed by atoms with van der Waals surface area (Å²) in [5, 5.41) is 8.81. The van der Waals surface area contributed by atoms with E-state index in [0.717, 1.165) is 18.9 Å². The van der Waals surface area contributed by atoms with Crippen LogP contribution in [0.3, 0.4) is 0 Å². The second kappa shape index (κ2) is 11.3. The largest absolute Gasteiger partial charge is 0.298 e. The van der Waals surface area contributed by atoms with Gasteiger partial charge in [-0.1, -0.05) is 44.2 Å². The van der Waals surface area contributed by atoms with Crippen molar-refractivity contribution in [2.45, 2.75) is 13.8 Å². The number of hydrogen-bond donors (Lipinski definition) is 0. The molecule has 78 valence electrons. The van der Waals surface area contributed by atoms with E-state index < -0.39 is 4.92 Å². The molecule has 0 saturated heterocycles. The number of nitrogens with zero attached hydrogens (tertiary/aromatic N) is 1. The fourth-order valence-corrected chi connectivity index (χ4v) is 0.532. The number of benzene rings is 1. The normalized spacial score (nSPS) is 7.07. The lowest BCUT2D eigenvalue weighted by Gasteiger charge is -1.81. The molecule has 14 heavy (non-hydrogen) atoms. The van der Waals surface area contributed by atoms with Crippen molar-refractivity contribution in [1.29, 1.82) is 0 Å². The van der Waals surface area contributed by atoms with Crippen LogP contribution in [0, 0.1) is 10.1 Å². The predicted octanol–water partition coefficient (Wildman–Crippen LogP) is 2.42. The molecule has 0 aliphatic carbocycles. The third kappa shape index (κ3) is 12.9. The molecule has 0 bridgehead atoms. The topological polar surface area (TPSA) is 60.2 Å². The van der Waals surface area contributed by atoms with Crippen LogP contribution in [-0.4, -0.2) is 18.3 Å². The van der Waals surface area contributed by atoms with Crippen molar-refractivity contribution in [1.82, 2.24) is 0 Å². The van der Waals surface area contributed by atoms with Gasteiger partial charge in [-0.15, -0.1) is 0 Å². The standard InChI is InChI=1S/C7H6O.C2H6.CH3NO2/c8-6-7-4-2-1-3-5-7;1-2;1-2(3)4/h1-6H;1-2H3;1H3. The Labute approximate surface area is 83.7 Å². The Hall–Kier alpha value is -1.71. The summed E-state index contributed by atoms with van der Waals surface area (Å²) in [4.78, 5) is 18.3. The van der Waals surface area contributed by atoms with Gasteiger partial charge in [-0.25, -0.2) is 0 Å². The molecule has 4 heteroatoms. The number of carbonyl (C=O) groups excluding carboxylic acids is 1. The highest BCUT2D eigenvalue weighted by molar-refractivity contribution is 5.74. The third-order valence-electron chi connectivity index (χ3n) is 0.936. The second-order valence-electron chi connectivity index (χ2n) is 1.97. The second-order valence-corrected chi connectivity index (χ2v) is 1.97. The van der Waals surface area contributed by atoms with Gasteiger partial charge in [-0.2, -0.15) is 0 Å². The highest BCUT2D eigenvalue weighted by atomic mass is 16.6. The van der Waals surface area contributed by atoms with Crippen LogP contribution in [0.5, 0.6) is 0 Å². The van der Waals surface area contributed by atoms with Gasteiger partial charge in [-0.05, 0) is 0 Å². The summed E-state index contributed by atoms with van der Waals surface area (Å²) in [5.41, 5.74) is 0.729. The highest BCUT2D eigenvalue weighted by Gasteiger charge is 1.79. The minimum Gasteiger partial charge on any atom is -0.298 e. The van der Waals surface area contributed by atoms with E-state index in [-0.39, 0.29) is 0 Å². The molecule has 4 nitrogen and oxygen atoms in total. The lowest BCUT2D eigenvalue weighted by Crippen LogP contribution is -1.79. The maximum atomic E-state index is 10.0. The van der Waals surface area contributed by atoms with Crippen LogP contribution in [0.1, 0.15) is 24.2 Å². The maximum Gasteiger partial charge on any atom is 0.194 e. The van der Waals surface area contributed by atoms with Gasteiger partial charge in [-0.3, -0.25) is 14.9 Å². The molecule has 1 aromatic carbocycles. The quantitative estimate of drug-likeness (QED) is 0.394. The molecule has 0 heterocycles. The molecule has 0 unspecified atom stereocenters. The summed E-state index contributed by atoms with van der Waals surface area (Å²) in [6, 6.07) is 9.10. The van der Waals surface area contributed by atoms with E-state index in [1.165, 1.54) is 0 Å². The van der Waals surface area contributed by atoms with Crippen LogP contribution in [0.2, 0.25) is 0 Å². The van der Waals surface area contributed by atoms with Crippen molar-refractivity contribution in [2.24, 2.45) is 0 Å². The summed E-state index contributed by atoms with van der Waals surface area (Å²) in [7, 11) is 0.889. The number of hydrogen-bond acceptors (Lipinski definition) is 3. The Morgan fingerprint density at radius 2 is 1.57 bits per heavy atom. The van der Waals surface area contributed by atoms with E-state index >= 15 is 0 Å². The first kappa shape index (κ1) is 14.8. The average molecular weight is 197 g/mol. The Balaban J connectivity index is 0. The SMILES string of the molecule is CC.C[N+](=O)[O-].O=Cc1ccccc1. The van der Waals surface area contributed by atoms with E-state index in [1.807, 2.05) is 32.0 Å². The molecular formula is C10H15NO3. The van der Waals surface area contributed by atoms with E-state index in [9.17, 15) is 4.79 Å². The maximum absolute atomic E-state index is 10.0. The first-order valence-electron chi connectivity index (χ1n) is 4.25. The lowest BCUT2D eigenvalue weighted by molar-refractivity contribution is -0.445. The third-order valence-corrected chi connectivity index (χ3v) is 0.936. The molecule has 0 fully saturated rings. The van der Waals surface area contributed by atoms with Crippen LogP contribution < -0.4 is 0 Å². The summed E-state index contributed by atoms with van der Waals surface area (Å²) in [6.45, 7) is 4.00. The summed E-state index contributed by atoms with van der Waals surface area (Å²) < 4.78 is 0. The smallest absolute Gasteiger partial charge is 0.194 e. The molecule has 0 radical (unpaired) electrons. The summed E-state index contributed by atoms with van der Waals surface area (Å²) >= 11 is 0. The number of aldehydes is 1. The van der Waals surface area contributed by atoms with Gasteiger partial charge in [0.15, 0.2) is 7.05 Å². The van der Waals surface area contributed by atoms with Crippen LogP contribution in [0.4, 0.5) is 0 Å². The monoisotopic (exact) mass is 197 g/mol. The first-order valence-corrected chi connectivity index (χ1v) is 4.25. The highest BCUT2D eigenvalue weighted by Crippen LogP contribution is 1.91. The van der Waals surface area contributed by atoms with Crippen molar-refractivity contribution in [3.05, 3.63) is 46.0 Å². The summed E-state index contributed by atoms with van der Waals surface area (Å²) in [5.74, 6) is 0. The molecular weight excluding hydrogens is 182 g/mol. The molecule has 0 N–H and O–H groups in total. The van der Waals surface area contributed by atoms with Gasteiger partial charge in [0.2, 0.25) is 0 Å². The Kier molecular flexibility index (Phi) is 11.9. The van der Waals surface area contributed by atoms with Crippen LogP contribution in [-0.2, 0) is 0 Å². The zero-order valence-corrected chi connectivity index (χ0v) is 8.64. The van der Waals surface area contributed by atoms with E-state index in [4.69, 9.17) is 10.1 Å². The van der Waals surface area contributed by atoms with Gasteiger partial charge in [0.25, 0.3) is 0 Å².